The Hall–Kier alpha value is -1.55. The predicted octanol–water partition coefficient (Wildman–Crippen LogP) is 1.32. The fourth-order valence-corrected chi connectivity index (χ4v) is 1.32. The molecule has 1 unspecified atom stereocenters. The lowest BCUT2D eigenvalue weighted by atomic mass is 10.2. The van der Waals surface area contributed by atoms with E-state index < -0.39 is 0 Å². The van der Waals surface area contributed by atoms with Crippen molar-refractivity contribution in [1.82, 2.24) is 9.97 Å². The molecule has 1 aromatic carbocycles. The molecule has 1 atom stereocenters. The molecule has 0 aliphatic carbocycles. The Bertz CT molecular complexity index is 419. The largest absolute Gasteiger partial charge is 0.383 e. The van der Waals surface area contributed by atoms with Gasteiger partial charge in [-0.1, -0.05) is 0 Å². The van der Waals surface area contributed by atoms with Crippen LogP contribution in [-0.4, -0.2) is 22.6 Å². The number of imidazole rings is 1. The summed E-state index contributed by atoms with van der Waals surface area (Å²) in [7, 11) is 0. The van der Waals surface area contributed by atoms with E-state index in [9.17, 15) is 0 Å². The molecule has 4 N–H and O–H groups in total. The number of benzene rings is 1. The standard InChI is InChI=1S/C10H14N4/c1-7(11)5-12-8-2-3-9-10(4-8)14-6-13-9/h2-4,6-7,12H,5,11H2,1H3,(H,13,14). The molecule has 0 radical (unpaired) electrons. The third kappa shape index (κ3) is 1.85. The molecule has 1 aromatic heterocycles. The van der Waals surface area contributed by atoms with Crippen molar-refractivity contribution in [1.29, 1.82) is 0 Å². The van der Waals surface area contributed by atoms with E-state index in [2.05, 4.69) is 15.3 Å². The van der Waals surface area contributed by atoms with Crippen molar-refractivity contribution in [2.75, 3.05) is 11.9 Å². The lowest BCUT2D eigenvalue weighted by Gasteiger charge is -2.08. The van der Waals surface area contributed by atoms with Gasteiger partial charge in [-0.05, 0) is 25.1 Å². The fourth-order valence-electron chi connectivity index (χ4n) is 1.32. The fraction of sp³-hybridized carbons (Fsp3) is 0.300. The molecule has 0 aliphatic rings. The second-order valence-electron chi connectivity index (χ2n) is 3.49. The minimum Gasteiger partial charge on any atom is -0.383 e. The summed E-state index contributed by atoms with van der Waals surface area (Å²) in [6.07, 6.45) is 1.69. The SMILES string of the molecule is CC(N)CNc1ccc2nc[nH]c2c1. The summed E-state index contributed by atoms with van der Waals surface area (Å²) in [5.74, 6) is 0. The van der Waals surface area contributed by atoms with Crippen LogP contribution in [0.3, 0.4) is 0 Å². The summed E-state index contributed by atoms with van der Waals surface area (Å²) in [5.41, 5.74) is 8.74. The maximum atomic E-state index is 5.65. The third-order valence-corrected chi connectivity index (χ3v) is 2.05. The Morgan fingerprint density at radius 3 is 3.21 bits per heavy atom. The van der Waals surface area contributed by atoms with Gasteiger partial charge in [0.05, 0.1) is 17.4 Å². The van der Waals surface area contributed by atoms with Crippen LogP contribution < -0.4 is 11.1 Å². The molecule has 0 fully saturated rings. The minimum atomic E-state index is 0.160. The van der Waals surface area contributed by atoms with E-state index in [4.69, 9.17) is 5.73 Å². The van der Waals surface area contributed by atoms with Gasteiger partial charge in [-0.2, -0.15) is 0 Å². The van der Waals surface area contributed by atoms with Crippen LogP contribution in [0.15, 0.2) is 24.5 Å². The molecule has 4 heteroatoms. The van der Waals surface area contributed by atoms with Gasteiger partial charge in [-0.3, -0.25) is 0 Å². The first-order chi connectivity index (χ1) is 6.75. The number of nitrogens with one attached hydrogen (secondary N) is 2. The highest BCUT2D eigenvalue weighted by Gasteiger charge is 1.98. The average molecular weight is 190 g/mol. The molecule has 0 saturated carbocycles. The van der Waals surface area contributed by atoms with Gasteiger partial charge in [-0.15, -0.1) is 0 Å². The quantitative estimate of drug-likeness (QED) is 0.683. The van der Waals surface area contributed by atoms with E-state index in [1.165, 1.54) is 0 Å². The second-order valence-corrected chi connectivity index (χ2v) is 3.49. The first kappa shape index (κ1) is 9.02. The van der Waals surface area contributed by atoms with Crippen LogP contribution in [0.25, 0.3) is 11.0 Å². The van der Waals surface area contributed by atoms with Gasteiger partial charge in [0.15, 0.2) is 0 Å². The number of hydrogen-bond donors (Lipinski definition) is 3. The van der Waals surface area contributed by atoms with Gasteiger partial charge in [-0.25, -0.2) is 4.98 Å². The maximum Gasteiger partial charge on any atom is 0.0931 e. The highest BCUT2D eigenvalue weighted by molar-refractivity contribution is 5.78. The summed E-state index contributed by atoms with van der Waals surface area (Å²) in [5, 5.41) is 3.25. The Kier molecular flexibility index (Phi) is 2.37. The van der Waals surface area contributed by atoms with Crippen molar-refractivity contribution in [2.24, 2.45) is 5.73 Å². The van der Waals surface area contributed by atoms with Crippen molar-refractivity contribution in [3.8, 4) is 0 Å². The van der Waals surface area contributed by atoms with E-state index in [1.54, 1.807) is 6.33 Å². The molecule has 4 nitrogen and oxygen atoms in total. The van der Waals surface area contributed by atoms with Crippen molar-refractivity contribution in [2.45, 2.75) is 13.0 Å². The van der Waals surface area contributed by atoms with E-state index in [0.29, 0.717) is 0 Å². The van der Waals surface area contributed by atoms with E-state index in [-0.39, 0.29) is 6.04 Å². The smallest absolute Gasteiger partial charge is 0.0931 e. The van der Waals surface area contributed by atoms with Crippen molar-refractivity contribution < 1.29 is 0 Å². The van der Waals surface area contributed by atoms with Gasteiger partial charge < -0.3 is 16.0 Å². The molecule has 74 valence electrons. The number of hydrogen-bond acceptors (Lipinski definition) is 3. The lowest BCUT2D eigenvalue weighted by molar-refractivity contribution is 0.780. The third-order valence-electron chi connectivity index (χ3n) is 2.05. The van der Waals surface area contributed by atoms with Crippen molar-refractivity contribution in [3.63, 3.8) is 0 Å². The van der Waals surface area contributed by atoms with Crippen LogP contribution in [0.5, 0.6) is 0 Å². The number of nitrogens with two attached hydrogens (primary N) is 1. The van der Waals surface area contributed by atoms with Crippen LogP contribution >= 0.6 is 0 Å². The molecular formula is C10H14N4. The van der Waals surface area contributed by atoms with Crippen LogP contribution in [0, 0.1) is 0 Å². The first-order valence-corrected chi connectivity index (χ1v) is 4.68. The molecule has 0 bridgehead atoms. The average Bonchev–Trinajstić information content (AvgIpc) is 2.61. The zero-order valence-electron chi connectivity index (χ0n) is 8.12. The number of anilines is 1. The van der Waals surface area contributed by atoms with Gasteiger partial charge in [0.2, 0.25) is 0 Å². The topological polar surface area (TPSA) is 66.7 Å². The van der Waals surface area contributed by atoms with E-state index in [0.717, 1.165) is 23.3 Å². The number of nitrogens with zero attached hydrogens (tertiary/aromatic N) is 1. The molecule has 0 amide bonds. The summed E-state index contributed by atoms with van der Waals surface area (Å²) in [6.45, 7) is 2.75. The zero-order valence-corrected chi connectivity index (χ0v) is 8.12. The number of rotatable bonds is 3. The summed E-state index contributed by atoms with van der Waals surface area (Å²) < 4.78 is 0. The second kappa shape index (κ2) is 3.67. The monoisotopic (exact) mass is 190 g/mol. The minimum absolute atomic E-state index is 0.160. The number of H-pyrrole nitrogens is 1. The molecule has 0 saturated heterocycles. The van der Waals surface area contributed by atoms with Gasteiger partial charge >= 0.3 is 0 Å². The molecule has 0 aliphatic heterocycles. The van der Waals surface area contributed by atoms with Gasteiger partial charge in [0.25, 0.3) is 0 Å². The summed E-state index contributed by atoms with van der Waals surface area (Å²) >= 11 is 0. The Morgan fingerprint density at radius 2 is 2.43 bits per heavy atom. The normalized spacial score (nSPS) is 13.0. The Labute approximate surface area is 82.5 Å². The summed E-state index contributed by atoms with van der Waals surface area (Å²) in [6, 6.07) is 6.18. The predicted molar refractivity (Wildman–Crippen MR) is 58.2 cm³/mol. The Balaban J connectivity index is 2.17. The van der Waals surface area contributed by atoms with Crippen LogP contribution in [0.4, 0.5) is 5.69 Å². The van der Waals surface area contributed by atoms with Crippen molar-refractivity contribution >= 4 is 16.7 Å². The van der Waals surface area contributed by atoms with Crippen molar-refractivity contribution in [3.05, 3.63) is 24.5 Å². The molecule has 1 heterocycles. The molecule has 2 aromatic rings. The van der Waals surface area contributed by atoms with Crippen LogP contribution in [0.2, 0.25) is 0 Å². The molecule has 0 spiro atoms. The van der Waals surface area contributed by atoms with Crippen LogP contribution in [-0.2, 0) is 0 Å². The highest BCUT2D eigenvalue weighted by atomic mass is 14.9. The van der Waals surface area contributed by atoms with E-state index >= 15 is 0 Å². The summed E-state index contributed by atoms with van der Waals surface area (Å²) in [4.78, 5) is 7.21. The Morgan fingerprint density at radius 1 is 1.57 bits per heavy atom. The lowest BCUT2D eigenvalue weighted by Crippen LogP contribution is -2.25. The van der Waals surface area contributed by atoms with E-state index in [1.807, 2.05) is 25.1 Å². The zero-order chi connectivity index (χ0) is 9.97. The highest BCUT2D eigenvalue weighted by Crippen LogP contribution is 2.15. The molecule has 14 heavy (non-hydrogen) atoms. The first-order valence-electron chi connectivity index (χ1n) is 4.68. The molecule has 2 rings (SSSR count). The van der Waals surface area contributed by atoms with Crippen LogP contribution in [0.1, 0.15) is 6.92 Å². The number of aromatic amines is 1. The number of fused-ring (bicyclic) bond motifs is 1. The van der Waals surface area contributed by atoms with Gasteiger partial charge in [0, 0.05) is 18.3 Å². The molecular weight excluding hydrogens is 176 g/mol. The number of aromatic nitrogens is 2. The maximum absolute atomic E-state index is 5.65. The van der Waals surface area contributed by atoms with Gasteiger partial charge in [0.1, 0.15) is 0 Å².